The normalized spacial score (nSPS) is 10.4. The molecule has 1 nitrogen and oxygen atoms in total. The minimum Gasteiger partial charge on any atom is -0.487 e. The van der Waals surface area contributed by atoms with Crippen molar-refractivity contribution in [2.45, 2.75) is 6.61 Å². The molecule has 0 spiro atoms. The molecule has 18 heavy (non-hydrogen) atoms. The topological polar surface area (TPSA) is 9.23 Å². The van der Waals surface area contributed by atoms with E-state index in [1.165, 1.54) is 0 Å². The Morgan fingerprint density at radius 1 is 0.778 bits per heavy atom. The van der Waals surface area contributed by atoms with Crippen LogP contribution in [0, 0.1) is 0 Å². The van der Waals surface area contributed by atoms with Gasteiger partial charge in [0.1, 0.15) is 12.4 Å². The van der Waals surface area contributed by atoms with E-state index in [1.807, 2.05) is 0 Å². The summed E-state index contributed by atoms with van der Waals surface area (Å²) in [5.74, 6) is 0.514. The highest BCUT2D eigenvalue weighted by Gasteiger charge is 2.06. The lowest BCUT2D eigenvalue weighted by Gasteiger charge is -2.10. The summed E-state index contributed by atoms with van der Waals surface area (Å²) in [6, 6.07) is 10.2. The van der Waals surface area contributed by atoms with Gasteiger partial charge in [-0.2, -0.15) is 0 Å². The van der Waals surface area contributed by atoms with E-state index in [0.29, 0.717) is 25.8 Å². The highest BCUT2D eigenvalue weighted by atomic mass is 35.5. The van der Waals surface area contributed by atoms with Gasteiger partial charge in [0.05, 0.1) is 5.02 Å². The van der Waals surface area contributed by atoms with Crippen molar-refractivity contribution in [3.63, 3.8) is 0 Å². The van der Waals surface area contributed by atoms with Gasteiger partial charge in [0, 0.05) is 26.7 Å². The van der Waals surface area contributed by atoms with E-state index in [1.54, 1.807) is 36.4 Å². The summed E-state index contributed by atoms with van der Waals surface area (Å²) in [7, 11) is 0. The Hall–Kier alpha value is -0.600. The van der Waals surface area contributed by atoms with Crippen molar-refractivity contribution in [3.05, 3.63) is 62.1 Å². The Morgan fingerprint density at radius 2 is 1.39 bits per heavy atom. The summed E-state index contributed by atoms with van der Waals surface area (Å²) in [5, 5.41) is 2.26. The molecule has 0 radical (unpaired) electrons. The maximum absolute atomic E-state index is 6.04. The van der Waals surface area contributed by atoms with Gasteiger partial charge in [-0.1, -0.05) is 46.4 Å². The molecule has 0 amide bonds. The minimum atomic E-state index is 0.277. The highest BCUT2D eigenvalue weighted by Crippen LogP contribution is 2.29. The van der Waals surface area contributed by atoms with Crippen molar-refractivity contribution >= 4 is 46.4 Å². The fourth-order valence-electron chi connectivity index (χ4n) is 1.40. The van der Waals surface area contributed by atoms with Crippen molar-refractivity contribution in [2.24, 2.45) is 0 Å². The van der Waals surface area contributed by atoms with Gasteiger partial charge < -0.3 is 4.74 Å². The van der Waals surface area contributed by atoms with Crippen molar-refractivity contribution in [2.75, 3.05) is 0 Å². The fraction of sp³-hybridized carbons (Fsp3) is 0.0769. The predicted octanol–water partition coefficient (Wildman–Crippen LogP) is 5.88. The summed E-state index contributed by atoms with van der Waals surface area (Å²) >= 11 is 23.8. The summed E-state index contributed by atoms with van der Waals surface area (Å²) in [6.07, 6.45) is 0. The average molecular weight is 322 g/mol. The van der Waals surface area contributed by atoms with Crippen molar-refractivity contribution in [1.82, 2.24) is 0 Å². The van der Waals surface area contributed by atoms with Gasteiger partial charge in [-0.3, -0.25) is 0 Å². The Morgan fingerprint density at radius 3 is 2.11 bits per heavy atom. The van der Waals surface area contributed by atoms with E-state index in [2.05, 4.69) is 0 Å². The molecule has 0 aliphatic heterocycles. The maximum Gasteiger partial charge on any atom is 0.139 e. The number of ether oxygens (including phenoxy) is 1. The zero-order chi connectivity index (χ0) is 13.1. The van der Waals surface area contributed by atoms with Crippen LogP contribution in [0.3, 0.4) is 0 Å². The molecule has 0 aliphatic carbocycles. The molecule has 0 saturated carbocycles. The van der Waals surface area contributed by atoms with Crippen LogP contribution in [0.15, 0.2) is 36.4 Å². The molecule has 0 N–H and O–H groups in total. The Kier molecular flexibility index (Phi) is 4.63. The fourth-order valence-corrected chi connectivity index (χ4v) is 2.10. The highest BCUT2D eigenvalue weighted by molar-refractivity contribution is 6.34. The molecule has 0 aliphatic rings. The molecule has 0 heterocycles. The van der Waals surface area contributed by atoms with Crippen LogP contribution in [-0.4, -0.2) is 0 Å². The molecule has 2 aromatic rings. The molecule has 0 saturated heterocycles. The van der Waals surface area contributed by atoms with Crippen molar-refractivity contribution in [1.29, 1.82) is 0 Å². The van der Waals surface area contributed by atoms with E-state index in [9.17, 15) is 0 Å². The molecule has 0 aromatic heterocycles. The van der Waals surface area contributed by atoms with Crippen LogP contribution in [0.4, 0.5) is 0 Å². The third kappa shape index (κ3) is 3.46. The molecule has 0 atom stereocenters. The second-order valence-corrected chi connectivity index (χ2v) is 5.29. The van der Waals surface area contributed by atoms with Gasteiger partial charge in [-0.25, -0.2) is 0 Å². The van der Waals surface area contributed by atoms with Crippen molar-refractivity contribution in [3.8, 4) is 5.75 Å². The number of benzene rings is 2. The standard InChI is InChI=1S/C13H8Cl4O/c14-9-1-3-11(16)8(5-9)7-18-13-6-10(15)2-4-12(13)17/h1-6H,7H2. The quantitative estimate of drug-likeness (QED) is 0.686. The molecule has 0 bridgehead atoms. The third-order valence-corrected chi connectivity index (χ3v) is 3.44. The lowest BCUT2D eigenvalue weighted by molar-refractivity contribution is 0.306. The minimum absolute atomic E-state index is 0.277. The summed E-state index contributed by atoms with van der Waals surface area (Å²) in [4.78, 5) is 0. The van der Waals surface area contributed by atoms with Crippen LogP contribution in [0.1, 0.15) is 5.56 Å². The van der Waals surface area contributed by atoms with Crippen LogP contribution < -0.4 is 4.74 Å². The largest absolute Gasteiger partial charge is 0.487 e. The Bertz CT molecular complexity index is 517. The van der Waals surface area contributed by atoms with Crippen LogP contribution in [-0.2, 0) is 6.61 Å². The molecule has 2 rings (SSSR count). The SMILES string of the molecule is Clc1ccc(Cl)c(COc2cc(Cl)ccc2Cl)c1. The van der Waals surface area contributed by atoms with E-state index in [-0.39, 0.29) is 6.61 Å². The first-order chi connectivity index (χ1) is 8.56. The second kappa shape index (κ2) is 6.03. The van der Waals surface area contributed by atoms with Gasteiger partial charge in [0.25, 0.3) is 0 Å². The second-order valence-electron chi connectivity index (χ2n) is 3.60. The molecule has 0 unspecified atom stereocenters. The Labute approximate surface area is 125 Å². The lowest BCUT2D eigenvalue weighted by atomic mass is 10.2. The predicted molar refractivity (Wildman–Crippen MR) is 77.3 cm³/mol. The maximum atomic E-state index is 6.04. The van der Waals surface area contributed by atoms with Crippen LogP contribution in [0.25, 0.3) is 0 Å². The van der Waals surface area contributed by atoms with Gasteiger partial charge >= 0.3 is 0 Å². The zero-order valence-corrected chi connectivity index (χ0v) is 12.1. The lowest BCUT2D eigenvalue weighted by Crippen LogP contribution is -1.97. The summed E-state index contributed by atoms with van der Waals surface area (Å²) in [6.45, 7) is 0.277. The first-order valence-corrected chi connectivity index (χ1v) is 6.59. The van der Waals surface area contributed by atoms with Gasteiger partial charge in [0.15, 0.2) is 0 Å². The van der Waals surface area contributed by atoms with Gasteiger partial charge in [-0.05, 0) is 30.3 Å². The van der Waals surface area contributed by atoms with Crippen LogP contribution >= 0.6 is 46.4 Å². The number of hydrogen-bond acceptors (Lipinski definition) is 1. The molecule has 2 aromatic carbocycles. The first-order valence-electron chi connectivity index (χ1n) is 5.08. The first kappa shape index (κ1) is 13.8. The van der Waals surface area contributed by atoms with E-state index < -0.39 is 0 Å². The monoisotopic (exact) mass is 320 g/mol. The van der Waals surface area contributed by atoms with E-state index >= 15 is 0 Å². The molecule has 94 valence electrons. The van der Waals surface area contributed by atoms with E-state index in [4.69, 9.17) is 51.1 Å². The molecular formula is C13H8Cl4O. The number of rotatable bonds is 3. The van der Waals surface area contributed by atoms with Crippen molar-refractivity contribution < 1.29 is 4.74 Å². The number of hydrogen-bond donors (Lipinski definition) is 0. The zero-order valence-electron chi connectivity index (χ0n) is 9.09. The van der Waals surface area contributed by atoms with Gasteiger partial charge in [0.2, 0.25) is 0 Å². The number of halogens is 4. The smallest absolute Gasteiger partial charge is 0.139 e. The Balaban J connectivity index is 2.16. The van der Waals surface area contributed by atoms with E-state index in [0.717, 1.165) is 5.56 Å². The summed E-state index contributed by atoms with van der Waals surface area (Å²) < 4.78 is 5.58. The van der Waals surface area contributed by atoms with Gasteiger partial charge in [-0.15, -0.1) is 0 Å². The van der Waals surface area contributed by atoms with Crippen LogP contribution in [0.5, 0.6) is 5.75 Å². The third-order valence-electron chi connectivity index (χ3n) is 2.28. The summed E-state index contributed by atoms with van der Waals surface area (Å²) in [5.41, 5.74) is 0.792. The molecular weight excluding hydrogens is 314 g/mol. The molecule has 0 fully saturated rings. The molecule has 5 heteroatoms. The average Bonchev–Trinajstić information content (AvgIpc) is 2.34. The van der Waals surface area contributed by atoms with Crippen LogP contribution in [0.2, 0.25) is 20.1 Å².